The van der Waals surface area contributed by atoms with Gasteiger partial charge in [-0.3, -0.25) is 24.1 Å². The first kappa shape index (κ1) is 13.6. The van der Waals surface area contributed by atoms with Crippen molar-refractivity contribution in [1.82, 2.24) is 4.90 Å². The van der Waals surface area contributed by atoms with Crippen LogP contribution >= 0.6 is 0 Å². The van der Waals surface area contributed by atoms with Gasteiger partial charge in [-0.2, -0.15) is 0 Å². The number of para-hydroxylation sites is 1. The zero-order chi connectivity index (χ0) is 16.3. The molecule has 4 rings (SSSR count). The third-order valence-electron chi connectivity index (χ3n) is 4.49. The van der Waals surface area contributed by atoms with Gasteiger partial charge in [-0.1, -0.05) is 18.2 Å². The normalized spacial score (nSPS) is 23.5. The van der Waals surface area contributed by atoms with Crippen molar-refractivity contribution in [1.29, 1.82) is 0 Å². The molecule has 0 N–H and O–H groups in total. The molecule has 6 heteroatoms. The minimum absolute atomic E-state index is 0.101. The Labute approximate surface area is 131 Å². The Hall–Kier alpha value is -3.02. The molecule has 0 aromatic heterocycles. The van der Waals surface area contributed by atoms with Crippen LogP contribution in [0.5, 0.6) is 0 Å². The summed E-state index contributed by atoms with van der Waals surface area (Å²) in [5.74, 6) is -2.28. The smallest absolute Gasteiger partial charge is 0.261 e. The molecule has 114 valence electrons. The fraction of sp³-hybridized carbons (Fsp3) is 0.176. The van der Waals surface area contributed by atoms with E-state index >= 15 is 0 Å². The van der Waals surface area contributed by atoms with Gasteiger partial charge < -0.3 is 0 Å². The van der Waals surface area contributed by atoms with Gasteiger partial charge in [0.05, 0.1) is 11.6 Å². The molecule has 1 aromatic carbocycles. The Morgan fingerprint density at radius 3 is 2.35 bits per heavy atom. The molecule has 2 heterocycles. The lowest BCUT2D eigenvalue weighted by molar-refractivity contribution is -0.135. The summed E-state index contributed by atoms with van der Waals surface area (Å²) in [5, 5.41) is 0. The number of fused-ring (bicyclic) bond motifs is 1. The maximum atomic E-state index is 12.6. The largest absolute Gasteiger partial charge is 0.278 e. The summed E-state index contributed by atoms with van der Waals surface area (Å²) in [6, 6.07) is 8.64. The molecule has 0 bridgehead atoms. The topological polar surface area (TPSA) is 74.8 Å². The van der Waals surface area contributed by atoms with Crippen molar-refractivity contribution >= 4 is 29.3 Å². The molecule has 1 saturated heterocycles. The number of carbonyl (C=O) groups is 4. The molecule has 2 aliphatic heterocycles. The maximum Gasteiger partial charge on any atom is 0.261 e. The summed E-state index contributed by atoms with van der Waals surface area (Å²) in [7, 11) is 1.40. The lowest BCUT2D eigenvalue weighted by Crippen LogP contribution is -2.31. The van der Waals surface area contributed by atoms with Gasteiger partial charge in [-0.25, -0.2) is 4.90 Å². The number of anilines is 1. The number of carbonyl (C=O) groups excluding carboxylic acids is 4. The van der Waals surface area contributed by atoms with Crippen molar-refractivity contribution in [3.8, 4) is 0 Å². The second-order valence-corrected chi connectivity index (χ2v) is 5.73. The van der Waals surface area contributed by atoms with Crippen LogP contribution in [0.15, 0.2) is 53.1 Å². The zero-order valence-corrected chi connectivity index (χ0v) is 12.3. The predicted molar refractivity (Wildman–Crippen MR) is 79.9 cm³/mol. The van der Waals surface area contributed by atoms with Gasteiger partial charge in [-0.05, 0) is 24.6 Å². The van der Waals surface area contributed by atoms with E-state index in [1.807, 2.05) is 0 Å². The van der Waals surface area contributed by atoms with Crippen molar-refractivity contribution in [2.45, 2.75) is 6.42 Å². The van der Waals surface area contributed by atoms with E-state index in [4.69, 9.17) is 0 Å². The van der Waals surface area contributed by atoms with Gasteiger partial charge in [0, 0.05) is 23.8 Å². The summed E-state index contributed by atoms with van der Waals surface area (Å²) in [6.07, 6.45) is 1.51. The number of benzene rings is 1. The molecule has 1 fully saturated rings. The molecule has 6 nitrogen and oxygen atoms in total. The SMILES string of the molecule is CN1C(=O)C2=C(CC3C(=O)N(c4ccccc4)C(=O)C3=C2)C1=O. The van der Waals surface area contributed by atoms with Crippen molar-refractivity contribution < 1.29 is 19.2 Å². The molecule has 0 radical (unpaired) electrons. The second-order valence-electron chi connectivity index (χ2n) is 5.73. The van der Waals surface area contributed by atoms with E-state index in [0.717, 1.165) is 9.80 Å². The third-order valence-corrected chi connectivity index (χ3v) is 4.49. The first-order valence-corrected chi connectivity index (χ1v) is 7.21. The van der Waals surface area contributed by atoms with Crippen molar-refractivity contribution in [3.05, 3.63) is 53.1 Å². The van der Waals surface area contributed by atoms with Gasteiger partial charge in [0.1, 0.15) is 0 Å². The highest BCUT2D eigenvalue weighted by Crippen LogP contribution is 2.41. The number of imide groups is 2. The van der Waals surface area contributed by atoms with Gasteiger partial charge in [0.15, 0.2) is 0 Å². The Balaban J connectivity index is 1.78. The quantitative estimate of drug-likeness (QED) is 0.719. The van der Waals surface area contributed by atoms with Crippen molar-refractivity contribution in [3.63, 3.8) is 0 Å². The van der Waals surface area contributed by atoms with Gasteiger partial charge >= 0.3 is 0 Å². The number of nitrogens with zero attached hydrogens (tertiary/aromatic N) is 2. The average Bonchev–Trinajstić information content (AvgIpc) is 2.94. The van der Waals surface area contributed by atoms with E-state index in [2.05, 4.69) is 0 Å². The highest BCUT2D eigenvalue weighted by atomic mass is 16.2. The third kappa shape index (κ3) is 1.69. The molecule has 4 amide bonds. The highest BCUT2D eigenvalue weighted by Gasteiger charge is 2.49. The van der Waals surface area contributed by atoms with Gasteiger partial charge in [0.25, 0.3) is 17.7 Å². The van der Waals surface area contributed by atoms with Crippen LogP contribution < -0.4 is 4.90 Å². The average molecular weight is 308 g/mol. The lowest BCUT2D eigenvalue weighted by atomic mass is 9.85. The Morgan fingerprint density at radius 1 is 0.957 bits per heavy atom. The summed E-state index contributed by atoms with van der Waals surface area (Å²) in [4.78, 5) is 51.6. The van der Waals surface area contributed by atoms with Crippen molar-refractivity contribution in [2.24, 2.45) is 5.92 Å². The monoisotopic (exact) mass is 308 g/mol. The van der Waals surface area contributed by atoms with Crippen molar-refractivity contribution in [2.75, 3.05) is 11.9 Å². The van der Waals surface area contributed by atoms with E-state index in [-0.39, 0.29) is 23.5 Å². The number of rotatable bonds is 1. The van der Waals surface area contributed by atoms with Crippen LogP contribution in [0.1, 0.15) is 6.42 Å². The zero-order valence-electron chi connectivity index (χ0n) is 12.3. The lowest BCUT2D eigenvalue weighted by Gasteiger charge is -2.15. The molecular weight excluding hydrogens is 296 g/mol. The summed E-state index contributed by atoms with van der Waals surface area (Å²) >= 11 is 0. The van der Waals surface area contributed by atoms with Crippen LogP contribution in [0, 0.1) is 5.92 Å². The van der Waals surface area contributed by atoms with Gasteiger partial charge in [-0.15, -0.1) is 0 Å². The van der Waals surface area contributed by atoms with E-state index in [1.165, 1.54) is 13.1 Å². The van der Waals surface area contributed by atoms with Crippen LogP contribution in [0.2, 0.25) is 0 Å². The Bertz CT molecular complexity index is 851. The van der Waals surface area contributed by atoms with Crippen LogP contribution in [-0.2, 0) is 19.2 Å². The standard InChI is InChI=1S/C17H12N2O4/c1-18-14(20)10-7-12-13(8-11(10)15(18)21)17(23)19(16(12)22)9-5-3-2-4-6-9/h2-7,13H,8H2,1H3. The summed E-state index contributed by atoms with van der Waals surface area (Å²) in [5.41, 5.74) is 1.34. The first-order chi connectivity index (χ1) is 11.0. The summed E-state index contributed by atoms with van der Waals surface area (Å²) < 4.78 is 0. The highest BCUT2D eigenvalue weighted by molar-refractivity contribution is 6.31. The van der Waals surface area contributed by atoms with Crippen LogP contribution in [0.25, 0.3) is 0 Å². The minimum Gasteiger partial charge on any atom is -0.278 e. The Kier molecular flexibility index (Phi) is 2.66. The molecule has 0 spiro atoms. The fourth-order valence-electron chi connectivity index (χ4n) is 3.27. The molecule has 1 unspecified atom stereocenters. The molecule has 1 aliphatic carbocycles. The first-order valence-electron chi connectivity index (χ1n) is 7.21. The van der Waals surface area contributed by atoms with E-state index in [0.29, 0.717) is 11.3 Å². The maximum absolute atomic E-state index is 12.6. The van der Waals surface area contributed by atoms with E-state index in [1.54, 1.807) is 30.3 Å². The van der Waals surface area contributed by atoms with Gasteiger partial charge in [0.2, 0.25) is 5.91 Å². The second kappa shape index (κ2) is 4.49. The van der Waals surface area contributed by atoms with Crippen LogP contribution in [0.3, 0.4) is 0 Å². The molecule has 23 heavy (non-hydrogen) atoms. The van der Waals surface area contributed by atoms with Crippen LogP contribution in [-0.4, -0.2) is 35.6 Å². The number of likely N-dealkylation sites (N-methyl/N-ethyl adjacent to an activating group) is 1. The molecule has 0 saturated carbocycles. The fourth-order valence-corrected chi connectivity index (χ4v) is 3.27. The number of hydrogen-bond acceptors (Lipinski definition) is 4. The Morgan fingerprint density at radius 2 is 1.65 bits per heavy atom. The molecule has 1 aromatic rings. The summed E-state index contributed by atoms with van der Waals surface area (Å²) in [6.45, 7) is 0. The predicted octanol–water partition coefficient (Wildman–Crippen LogP) is 0.801. The number of amides is 4. The van der Waals surface area contributed by atoms with Crippen LogP contribution in [0.4, 0.5) is 5.69 Å². The molecular formula is C17H12N2O4. The van der Waals surface area contributed by atoms with E-state index in [9.17, 15) is 19.2 Å². The minimum atomic E-state index is -0.690. The van der Waals surface area contributed by atoms with E-state index < -0.39 is 23.6 Å². The molecule has 3 aliphatic rings. The molecule has 1 atom stereocenters. The number of hydrogen-bond donors (Lipinski definition) is 0.